The highest BCUT2D eigenvalue weighted by Gasteiger charge is 2.08. The van der Waals surface area contributed by atoms with Crippen LogP contribution in [0, 0.1) is 5.82 Å². The van der Waals surface area contributed by atoms with Crippen molar-refractivity contribution >= 4 is 37.6 Å². The summed E-state index contributed by atoms with van der Waals surface area (Å²) in [5.41, 5.74) is 0.429. The molecular weight excluding hydrogens is 303 g/mol. The zero-order chi connectivity index (χ0) is 9.84. The van der Waals surface area contributed by atoms with E-state index >= 15 is 0 Å². The molecule has 0 bridgehead atoms. The molecule has 1 nitrogen and oxygen atoms in total. The van der Waals surface area contributed by atoms with Crippen LogP contribution in [0.5, 0.6) is 0 Å². The zero-order valence-electron chi connectivity index (χ0n) is 6.69. The van der Waals surface area contributed by atoms with Crippen molar-refractivity contribution < 1.29 is 9.18 Å². The smallest absolute Gasteiger partial charge is 0.147 e. The molecule has 0 radical (unpaired) electrons. The number of carbonyl (C=O) groups excluding carboxylic acids is 1. The van der Waals surface area contributed by atoms with Crippen LogP contribution in [0.15, 0.2) is 22.7 Å². The number of Topliss-reactive ketones (excluding diaryl/α,β-unsaturated/α-hetero) is 1. The highest BCUT2D eigenvalue weighted by molar-refractivity contribution is 9.10. The topological polar surface area (TPSA) is 17.1 Å². The highest BCUT2D eigenvalue weighted by atomic mass is 79.9. The van der Waals surface area contributed by atoms with Gasteiger partial charge in [0.15, 0.2) is 0 Å². The second-order valence-electron chi connectivity index (χ2n) is 2.56. The third kappa shape index (κ3) is 2.88. The summed E-state index contributed by atoms with van der Waals surface area (Å²) in [6.07, 6.45) is 0.135. The van der Waals surface area contributed by atoms with E-state index in [1.165, 1.54) is 0 Å². The molecule has 1 rings (SSSR count). The summed E-state index contributed by atoms with van der Waals surface area (Å²) >= 11 is 6.09. The van der Waals surface area contributed by atoms with Gasteiger partial charge in [0.05, 0.1) is 9.80 Å². The van der Waals surface area contributed by atoms with Crippen molar-refractivity contribution in [1.82, 2.24) is 0 Å². The van der Waals surface area contributed by atoms with Crippen molar-refractivity contribution in [2.24, 2.45) is 0 Å². The van der Waals surface area contributed by atoms with Crippen molar-refractivity contribution in [3.63, 3.8) is 0 Å². The lowest BCUT2D eigenvalue weighted by molar-refractivity contribution is -0.115. The first kappa shape index (κ1) is 10.9. The van der Waals surface area contributed by atoms with E-state index in [1.54, 1.807) is 18.2 Å². The first-order valence-electron chi connectivity index (χ1n) is 3.65. The molecule has 0 spiro atoms. The Morgan fingerprint density at radius 1 is 1.46 bits per heavy atom. The Kier molecular flexibility index (Phi) is 4.06. The van der Waals surface area contributed by atoms with Crippen LogP contribution in [-0.2, 0) is 11.2 Å². The summed E-state index contributed by atoms with van der Waals surface area (Å²) in [6.45, 7) is 0. The Morgan fingerprint density at radius 2 is 2.15 bits per heavy atom. The van der Waals surface area contributed by atoms with Crippen LogP contribution in [0.3, 0.4) is 0 Å². The third-order valence-corrected chi connectivity index (χ3v) is 2.81. The standard InChI is InChI=1S/C9H7Br2FO/c10-5-7(13)4-6-2-1-3-8(11)9(6)12/h1-3H,4-5H2. The zero-order valence-corrected chi connectivity index (χ0v) is 9.86. The summed E-state index contributed by atoms with van der Waals surface area (Å²) in [6, 6.07) is 4.93. The van der Waals surface area contributed by atoms with Crippen LogP contribution >= 0.6 is 31.9 Å². The summed E-state index contributed by atoms with van der Waals surface area (Å²) in [7, 11) is 0. The lowest BCUT2D eigenvalue weighted by Crippen LogP contribution is -2.05. The van der Waals surface area contributed by atoms with Crippen LogP contribution in [0.2, 0.25) is 0 Å². The molecule has 0 amide bonds. The SMILES string of the molecule is O=C(CBr)Cc1cccc(Br)c1F. The molecule has 0 heterocycles. The number of halogens is 3. The lowest BCUT2D eigenvalue weighted by Gasteiger charge is -2.01. The molecule has 4 heteroatoms. The molecule has 0 N–H and O–H groups in total. The molecule has 70 valence electrons. The van der Waals surface area contributed by atoms with Crippen LogP contribution in [0.1, 0.15) is 5.56 Å². The number of hydrogen-bond acceptors (Lipinski definition) is 1. The first-order chi connectivity index (χ1) is 6.15. The van der Waals surface area contributed by atoms with Crippen molar-refractivity contribution in [2.45, 2.75) is 6.42 Å². The molecule has 0 aromatic heterocycles. The highest BCUT2D eigenvalue weighted by Crippen LogP contribution is 2.19. The van der Waals surface area contributed by atoms with Gasteiger partial charge in [-0.05, 0) is 27.6 Å². The summed E-state index contributed by atoms with van der Waals surface area (Å²) < 4.78 is 13.7. The molecule has 0 aliphatic rings. The molecule has 1 aromatic rings. The number of hydrogen-bond donors (Lipinski definition) is 0. The van der Waals surface area contributed by atoms with E-state index in [-0.39, 0.29) is 23.4 Å². The maximum atomic E-state index is 13.3. The van der Waals surface area contributed by atoms with Gasteiger partial charge in [-0.3, -0.25) is 4.79 Å². The number of rotatable bonds is 3. The normalized spacial score (nSPS) is 10.1. The Labute approximate surface area is 92.6 Å². The van der Waals surface area contributed by atoms with Crippen LogP contribution < -0.4 is 0 Å². The number of benzene rings is 1. The minimum atomic E-state index is -0.350. The molecule has 1 aromatic carbocycles. The molecule has 0 fully saturated rings. The Morgan fingerprint density at radius 3 is 2.77 bits per heavy atom. The average molecular weight is 310 g/mol. The van der Waals surface area contributed by atoms with Gasteiger partial charge in [-0.25, -0.2) is 4.39 Å². The second-order valence-corrected chi connectivity index (χ2v) is 3.98. The third-order valence-electron chi connectivity index (χ3n) is 1.57. The molecule has 0 saturated carbocycles. The van der Waals surface area contributed by atoms with Gasteiger partial charge in [-0.2, -0.15) is 0 Å². The van der Waals surface area contributed by atoms with E-state index in [9.17, 15) is 9.18 Å². The van der Waals surface area contributed by atoms with Gasteiger partial charge in [0.2, 0.25) is 0 Å². The van der Waals surface area contributed by atoms with E-state index in [0.29, 0.717) is 10.0 Å². The predicted molar refractivity (Wildman–Crippen MR) is 56.6 cm³/mol. The molecule has 0 aliphatic heterocycles. The molecule has 0 unspecified atom stereocenters. The van der Waals surface area contributed by atoms with E-state index < -0.39 is 0 Å². The number of carbonyl (C=O) groups is 1. The Hall–Kier alpha value is -0.220. The van der Waals surface area contributed by atoms with E-state index in [4.69, 9.17) is 0 Å². The van der Waals surface area contributed by atoms with Crippen molar-refractivity contribution in [3.05, 3.63) is 34.1 Å². The number of alkyl halides is 1. The molecule has 13 heavy (non-hydrogen) atoms. The van der Waals surface area contributed by atoms with Gasteiger partial charge in [0.25, 0.3) is 0 Å². The molecule has 0 atom stereocenters. The van der Waals surface area contributed by atoms with Crippen molar-refractivity contribution in [1.29, 1.82) is 0 Å². The van der Waals surface area contributed by atoms with Crippen LogP contribution in [0.4, 0.5) is 4.39 Å². The fourth-order valence-corrected chi connectivity index (χ4v) is 1.55. The van der Waals surface area contributed by atoms with Crippen molar-refractivity contribution in [2.75, 3.05) is 5.33 Å². The minimum Gasteiger partial charge on any atom is -0.298 e. The maximum Gasteiger partial charge on any atom is 0.147 e. The van der Waals surface area contributed by atoms with E-state index in [1.807, 2.05) is 0 Å². The fourth-order valence-electron chi connectivity index (χ4n) is 0.945. The Bertz CT molecular complexity index is 325. The van der Waals surface area contributed by atoms with Gasteiger partial charge >= 0.3 is 0 Å². The average Bonchev–Trinajstić information content (AvgIpc) is 2.13. The van der Waals surface area contributed by atoms with Crippen LogP contribution in [0.25, 0.3) is 0 Å². The molecular formula is C9H7Br2FO. The lowest BCUT2D eigenvalue weighted by atomic mass is 10.1. The van der Waals surface area contributed by atoms with Crippen LogP contribution in [-0.4, -0.2) is 11.1 Å². The van der Waals surface area contributed by atoms with E-state index in [2.05, 4.69) is 31.9 Å². The largest absolute Gasteiger partial charge is 0.298 e. The van der Waals surface area contributed by atoms with Gasteiger partial charge in [0.1, 0.15) is 11.6 Å². The summed E-state index contributed by atoms with van der Waals surface area (Å²) in [4.78, 5) is 11.0. The molecule has 0 saturated heterocycles. The Balaban J connectivity index is 2.89. The predicted octanol–water partition coefficient (Wildman–Crippen LogP) is 3.09. The van der Waals surface area contributed by atoms with Gasteiger partial charge in [0, 0.05) is 6.42 Å². The second kappa shape index (κ2) is 4.86. The molecule has 0 aliphatic carbocycles. The van der Waals surface area contributed by atoms with E-state index in [0.717, 1.165) is 0 Å². The monoisotopic (exact) mass is 308 g/mol. The van der Waals surface area contributed by atoms with Gasteiger partial charge < -0.3 is 0 Å². The fraction of sp³-hybridized carbons (Fsp3) is 0.222. The summed E-state index contributed by atoms with van der Waals surface area (Å²) in [5, 5.41) is 0.263. The number of ketones is 1. The first-order valence-corrected chi connectivity index (χ1v) is 5.57. The quantitative estimate of drug-likeness (QED) is 0.784. The van der Waals surface area contributed by atoms with Gasteiger partial charge in [-0.15, -0.1) is 0 Å². The summed E-state index contributed by atoms with van der Waals surface area (Å²) in [5.74, 6) is -0.381. The van der Waals surface area contributed by atoms with Crippen molar-refractivity contribution in [3.8, 4) is 0 Å². The maximum absolute atomic E-state index is 13.3. The van der Waals surface area contributed by atoms with Gasteiger partial charge in [-0.1, -0.05) is 28.1 Å². The minimum absolute atomic E-state index is 0.0306.